The van der Waals surface area contributed by atoms with Gasteiger partial charge in [-0.2, -0.15) is 0 Å². The number of para-hydroxylation sites is 2. The molecule has 10 heteroatoms. The van der Waals surface area contributed by atoms with Gasteiger partial charge in [0.2, 0.25) is 0 Å². The Balaban J connectivity index is 0.00000486. The number of carboxylic acid groups (broad SMARTS) is 1. The summed E-state index contributed by atoms with van der Waals surface area (Å²) in [7, 11) is 0. The molecule has 0 spiro atoms. The first-order valence-electron chi connectivity index (χ1n) is 15.6. The fourth-order valence-electron chi connectivity index (χ4n) is 5.05. The van der Waals surface area contributed by atoms with Gasteiger partial charge < -0.3 is 29.3 Å². The average Bonchev–Trinajstić information content (AvgIpc) is 3.14. The predicted octanol–water partition coefficient (Wildman–Crippen LogP) is 2.72. The third kappa shape index (κ3) is 9.05. The zero-order chi connectivity index (χ0) is 34.1. The number of carboxylic acids is 1. The summed E-state index contributed by atoms with van der Waals surface area (Å²) in [6.45, 7) is 1.87. The van der Waals surface area contributed by atoms with E-state index in [0.717, 1.165) is 33.2 Å². The molecule has 0 aliphatic rings. The van der Waals surface area contributed by atoms with Gasteiger partial charge in [0.25, 0.3) is 0 Å². The van der Waals surface area contributed by atoms with Crippen LogP contribution in [-0.2, 0) is 28.4 Å². The van der Waals surface area contributed by atoms with E-state index in [2.05, 4.69) is 27.0 Å². The van der Waals surface area contributed by atoms with Crippen molar-refractivity contribution in [3.8, 4) is 23.3 Å². The molecule has 0 saturated heterocycles. The van der Waals surface area contributed by atoms with Gasteiger partial charge in [-0.1, -0.05) is 89.8 Å². The Hall–Kier alpha value is -5.24. The molecule has 0 aliphatic carbocycles. The summed E-state index contributed by atoms with van der Waals surface area (Å²) < 4.78 is 12.0. The molecule has 50 heavy (non-hydrogen) atoms. The van der Waals surface area contributed by atoms with Gasteiger partial charge in [0.05, 0.1) is 34.1 Å². The molecule has 0 aliphatic heterocycles. The second-order valence-electron chi connectivity index (χ2n) is 11.2. The van der Waals surface area contributed by atoms with Crippen LogP contribution in [-0.4, -0.2) is 33.4 Å². The Morgan fingerprint density at radius 2 is 1.22 bits per heavy atom. The van der Waals surface area contributed by atoms with E-state index in [9.17, 15) is 15.0 Å². The van der Waals surface area contributed by atoms with E-state index < -0.39 is 11.6 Å². The maximum absolute atomic E-state index is 12.0. The van der Waals surface area contributed by atoms with Crippen molar-refractivity contribution in [1.82, 2.24) is 9.97 Å². The van der Waals surface area contributed by atoms with Crippen LogP contribution < -0.4 is 44.1 Å². The van der Waals surface area contributed by atoms with Crippen LogP contribution in [0.4, 0.5) is 0 Å². The fraction of sp³-hybridized carbons (Fsp3) is 0.150. The molecule has 9 nitrogen and oxygen atoms in total. The molecule has 6 aromatic rings. The standard InChI is InChI=1S/C40H33N3O6.Na/c1-28(39(44)45)43-49-25-7-6-24-40(46,31-14-20-35(21-15-31)47-26-33-18-12-29-8-2-4-10-37(29)41-33)32-16-22-36(23-17-32)48-27-34-19-13-30-9-3-5-11-38(30)42-34;/h2-5,8-23,46H,7,25-27H2,1H3,(H,44,45);/q;+1/p-1/b43-28+;. The maximum atomic E-state index is 12.0. The van der Waals surface area contributed by atoms with Gasteiger partial charge in [-0.3, -0.25) is 0 Å². The van der Waals surface area contributed by atoms with Crippen LogP contribution >= 0.6 is 0 Å². The van der Waals surface area contributed by atoms with Gasteiger partial charge in [0.1, 0.15) is 31.3 Å². The van der Waals surface area contributed by atoms with E-state index in [1.165, 1.54) is 6.92 Å². The van der Waals surface area contributed by atoms with Gasteiger partial charge >= 0.3 is 29.6 Å². The SMILES string of the molecule is C/C(=N\OCCC#CC(O)(c1ccc(OCc2ccc3ccccc3n2)cc1)c1ccc(OCc2ccc3ccccc3n2)cc1)C(=O)[O-].[Na+]. The Bertz CT molecular complexity index is 2050. The minimum absolute atomic E-state index is 0. The molecule has 2 aromatic heterocycles. The van der Waals surface area contributed by atoms with E-state index in [-0.39, 0.29) is 61.5 Å². The molecule has 0 atom stereocenters. The Kier molecular flexibility index (Phi) is 12.2. The zero-order valence-electron chi connectivity index (χ0n) is 27.7. The van der Waals surface area contributed by atoms with E-state index in [1.54, 1.807) is 48.5 Å². The number of benzene rings is 4. The first-order chi connectivity index (χ1) is 23.9. The van der Waals surface area contributed by atoms with Crippen LogP contribution in [0.2, 0.25) is 0 Å². The fourth-order valence-corrected chi connectivity index (χ4v) is 5.05. The number of hydrogen-bond acceptors (Lipinski definition) is 9. The third-order valence-electron chi connectivity index (χ3n) is 7.71. The summed E-state index contributed by atoms with van der Waals surface area (Å²) in [5.74, 6) is 5.71. The van der Waals surface area contributed by atoms with E-state index >= 15 is 0 Å². The summed E-state index contributed by atoms with van der Waals surface area (Å²) in [6.07, 6.45) is 0.187. The summed E-state index contributed by atoms with van der Waals surface area (Å²) >= 11 is 0. The van der Waals surface area contributed by atoms with Crippen molar-refractivity contribution in [1.29, 1.82) is 0 Å². The van der Waals surface area contributed by atoms with E-state index in [1.807, 2.05) is 72.8 Å². The molecule has 0 amide bonds. The Labute approximate surface area is 311 Å². The maximum Gasteiger partial charge on any atom is 1.00 e. The number of aliphatic hydroxyl groups is 1. The number of nitrogens with zero attached hydrogens (tertiary/aromatic N) is 3. The van der Waals surface area contributed by atoms with Gasteiger partial charge in [-0.15, -0.1) is 0 Å². The van der Waals surface area contributed by atoms with Crippen LogP contribution in [0.15, 0.2) is 126 Å². The van der Waals surface area contributed by atoms with Crippen molar-refractivity contribution in [2.24, 2.45) is 5.16 Å². The molecule has 0 unspecified atom stereocenters. The monoisotopic (exact) mass is 673 g/mol. The molecule has 244 valence electrons. The summed E-state index contributed by atoms with van der Waals surface area (Å²) in [5, 5.41) is 28.5. The van der Waals surface area contributed by atoms with Crippen molar-refractivity contribution < 1.29 is 58.9 Å². The number of oxime groups is 1. The van der Waals surface area contributed by atoms with Gasteiger partial charge in [0.15, 0.2) is 5.60 Å². The molecule has 0 fully saturated rings. The second-order valence-corrected chi connectivity index (χ2v) is 11.2. The van der Waals surface area contributed by atoms with Crippen LogP contribution in [0.5, 0.6) is 11.5 Å². The molecule has 0 saturated carbocycles. The van der Waals surface area contributed by atoms with Crippen LogP contribution in [0.25, 0.3) is 21.8 Å². The molecule has 6 rings (SSSR count). The number of ether oxygens (including phenoxy) is 2. The number of fused-ring (bicyclic) bond motifs is 2. The molecule has 4 aromatic carbocycles. The first kappa shape index (κ1) is 36.1. The molecule has 0 radical (unpaired) electrons. The number of carbonyl (C=O) groups excluding carboxylic acids is 1. The zero-order valence-corrected chi connectivity index (χ0v) is 29.7. The third-order valence-corrected chi connectivity index (χ3v) is 7.71. The molecule has 1 N–H and O–H groups in total. The van der Waals surface area contributed by atoms with Crippen LogP contribution in [0.3, 0.4) is 0 Å². The largest absolute Gasteiger partial charge is 1.00 e. The number of aliphatic carboxylic acids is 1. The van der Waals surface area contributed by atoms with Crippen LogP contribution in [0, 0.1) is 11.8 Å². The van der Waals surface area contributed by atoms with Gasteiger partial charge in [-0.25, -0.2) is 9.97 Å². The predicted molar refractivity (Wildman–Crippen MR) is 184 cm³/mol. The smallest absolute Gasteiger partial charge is 0.543 e. The Morgan fingerprint density at radius 3 is 1.70 bits per heavy atom. The van der Waals surface area contributed by atoms with E-state index in [4.69, 9.17) is 14.3 Å². The topological polar surface area (TPSA) is 126 Å². The number of aromatic nitrogens is 2. The van der Waals surface area contributed by atoms with Gasteiger partial charge in [-0.05, 0) is 55.5 Å². The average molecular weight is 674 g/mol. The van der Waals surface area contributed by atoms with Crippen molar-refractivity contribution >= 4 is 33.5 Å². The number of hydrogen-bond donors (Lipinski definition) is 1. The second kappa shape index (κ2) is 16.9. The van der Waals surface area contributed by atoms with E-state index in [0.29, 0.717) is 22.6 Å². The molecule has 0 bridgehead atoms. The van der Waals surface area contributed by atoms with Crippen LogP contribution in [0.1, 0.15) is 35.9 Å². The van der Waals surface area contributed by atoms with Gasteiger partial charge in [0, 0.05) is 28.3 Å². The minimum atomic E-state index is -1.69. The normalized spacial score (nSPS) is 11.3. The number of rotatable bonds is 12. The quantitative estimate of drug-likeness (QED) is 0.0692. The number of pyridine rings is 2. The van der Waals surface area contributed by atoms with Crippen molar-refractivity contribution in [3.05, 3.63) is 144 Å². The molecular weight excluding hydrogens is 641 g/mol. The van der Waals surface area contributed by atoms with Crippen molar-refractivity contribution in [3.63, 3.8) is 0 Å². The summed E-state index contributed by atoms with van der Waals surface area (Å²) in [4.78, 5) is 25.2. The summed E-state index contributed by atoms with van der Waals surface area (Å²) in [6, 6.07) is 37.9. The number of carbonyl (C=O) groups is 1. The molecule has 2 heterocycles. The minimum Gasteiger partial charge on any atom is -0.543 e. The first-order valence-corrected chi connectivity index (χ1v) is 15.6. The van der Waals surface area contributed by atoms with Crippen molar-refractivity contribution in [2.75, 3.05) is 6.61 Å². The Morgan fingerprint density at radius 1 is 0.740 bits per heavy atom. The molecular formula is C40H32N3NaO6. The van der Waals surface area contributed by atoms with Crippen molar-refractivity contribution in [2.45, 2.75) is 32.2 Å². The summed E-state index contributed by atoms with van der Waals surface area (Å²) in [5.41, 5.74) is 2.47.